The Morgan fingerprint density at radius 1 is 1.77 bits per heavy atom. The minimum atomic E-state index is -0.856. The number of rotatable bonds is 3. The van der Waals surface area contributed by atoms with Crippen molar-refractivity contribution < 1.29 is 9.90 Å². The molecule has 0 bridgehead atoms. The van der Waals surface area contributed by atoms with E-state index in [1.165, 1.54) is 0 Å². The molecule has 0 radical (unpaired) electrons. The quantitative estimate of drug-likeness (QED) is 0.763. The van der Waals surface area contributed by atoms with E-state index < -0.39 is 5.97 Å². The number of imidazole rings is 1. The lowest BCUT2D eigenvalue weighted by molar-refractivity contribution is -0.136. The summed E-state index contributed by atoms with van der Waals surface area (Å²) in [7, 11) is 0. The monoisotopic (exact) mass is 180 g/mol. The van der Waals surface area contributed by atoms with Crippen LogP contribution in [0.4, 0.5) is 0 Å². The van der Waals surface area contributed by atoms with Crippen LogP contribution in [-0.4, -0.2) is 20.6 Å². The Bertz CT molecular complexity index is 339. The third-order valence-corrected chi connectivity index (χ3v) is 1.61. The number of aromatic nitrogens is 2. The molecule has 0 aromatic carbocycles. The number of aryl methyl sites for hydroxylation is 1. The molecule has 0 atom stereocenters. The van der Waals surface area contributed by atoms with Crippen molar-refractivity contribution in [1.29, 1.82) is 0 Å². The summed E-state index contributed by atoms with van der Waals surface area (Å²) in [6, 6.07) is 0. The zero-order chi connectivity index (χ0) is 9.84. The second-order valence-corrected chi connectivity index (χ2v) is 2.74. The molecule has 1 N–H and O–H groups in total. The fourth-order valence-electron chi connectivity index (χ4n) is 1.10. The molecule has 0 unspecified atom stereocenters. The van der Waals surface area contributed by atoms with Gasteiger partial charge in [-0.3, -0.25) is 4.79 Å². The van der Waals surface area contributed by atoms with E-state index in [4.69, 9.17) is 5.11 Å². The van der Waals surface area contributed by atoms with E-state index >= 15 is 0 Å². The van der Waals surface area contributed by atoms with E-state index in [0.29, 0.717) is 5.69 Å². The Labute approximate surface area is 76.5 Å². The first kappa shape index (κ1) is 9.51. The summed E-state index contributed by atoms with van der Waals surface area (Å²) in [4.78, 5) is 14.5. The first-order chi connectivity index (χ1) is 6.13. The number of aliphatic carboxylic acids is 1. The maximum absolute atomic E-state index is 10.4. The van der Waals surface area contributed by atoms with Crippen LogP contribution in [0.2, 0.25) is 0 Å². The van der Waals surface area contributed by atoms with Crippen molar-refractivity contribution in [2.45, 2.75) is 20.3 Å². The van der Waals surface area contributed by atoms with Crippen LogP contribution in [0, 0.1) is 6.92 Å². The highest BCUT2D eigenvalue weighted by molar-refractivity contribution is 5.69. The van der Waals surface area contributed by atoms with Crippen LogP contribution < -0.4 is 0 Å². The van der Waals surface area contributed by atoms with Gasteiger partial charge in [0.15, 0.2) is 0 Å². The topological polar surface area (TPSA) is 55.1 Å². The van der Waals surface area contributed by atoms with Gasteiger partial charge in [0.1, 0.15) is 5.82 Å². The van der Waals surface area contributed by atoms with Gasteiger partial charge in [-0.05, 0) is 13.8 Å². The molecule has 0 saturated heterocycles. The lowest BCUT2D eigenvalue weighted by Gasteiger charge is -1.91. The SMILES string of the molecule is C/C=C\n1cc(CC(=O)O)nc1C. The average molecular weight is 180 g/mol. The molecule has 13 heavy (non-hydrogen) atoms. The summed E-state index contributed by atoms with van der Waals surface area (Å²) in [5.74, 6) is -0.0560. The third kappa shape index (κ3) is 2.43. The van der Waals surface area contributed by atoms with Crippen molar-refractivity contribution in [3.05, 3.63) is 23.8 Å². The van der Waals surface area contributed by atoms with Gasteiger partial charge < -0.3 is 9.67 Å². The number of carboxylic acid groups (broad SMARTS) is 1. The normalized spacial score (nSPS) is 10.9. The number of hydrogen-bond donors (Lipinski definition) is 1. The molecule has 1 aromatic rings. The van der Waals surface area contributed by atoms with Crippen molar-refractivity contribution in [1.82, 2.24) is 9.55 Å². The maximum atomic E-state index is 10.4. The molecule has 0 spiro atoms. The first-order valence-electron chi connectivity index (χ1n) is 4.02. The van der Waals surface area contributed by atoms with Gasteiger partial charge in [-0.25, -0.2) is 4.98 Å². The number of nitrogens with zero attached hydrogens (tertiary/aromatic N) is 2. The van der Waals surface area contributed by atoms with Crippen molar-refractivity contribution >= 4 is 12.2 Å². The highest BCUT2D eigenvalue weighted by Gasteiger charge is 2.05. The Kier molecular flexibility index (Phi) is 2.84. The molecule has 0 aliphatic heterocycles. The Morgan fingerprint density at radius 3 is 3.00 bits per heavy atom. The molecule has 0 aliphatic carbocycles. The fraction of sp³-hybridized carbons (Fsp3) is 0.333. The van der Waals surface area contributed by atoms with Gasteiger partial charge in [0.05, 0.1) is 12.1 Å². The molecule has 1 aromatic heterocycles. The van der Waals surface area contributed by atoms with Gasteiger partial charge in [0.25, 0.3) is 0 Å². The molecule has 4 nitrogen and oxygen atoms in total. The van der Waals surface area contributed by atoms with Gasteiger partial charge >= 0.3 is 5.97 Å². The number of carboxylic acids is 1. The van der Waals surface area contributed by atoms with E-state index in [0.717, 1.165) is 5.82 Å². The Hall–Kier alpha value is -1.58. The lowest BCUT2D eigenvalue weighted by Crippen LogP contribution is -1.99. The fourth-order valence-corrected chi connectivity index (χ4v) is 1.10. The van der Waals surface area contributed by atoms with E-state index in [1.54, 1.807) is 10.8 Å². The van der Waals surface area contributed by atoms with Gasteiger partial charge in [0, 0.05) is 12.4 Å². The molecule has 70 valence electrons. The minimum absolute atomic E-state index is 0.0224. The molecule has 0 fully saturated rings. The zero-order valence-electron chi connectivity index (χ0n) is 7.69. The van der Waals surface area contributed by atoms with Crippen molar-refractivity contribution in [3.8, 4) is 0 Å². The zero-order valence-corrected chi connectivity index (χ0v) is 7.69. The van der Waals surface area contributed by atoms with Crippen LogP contribution in [0.25, 0.3) is 6.20 Å². The molecule has 0 saturated carbocycles. The first-order valence-corrected chi connectivity index (χ1v) is 4.02. The Morgan fingerprint density at radius 2 is 2.46 bits per heavy atom. The van der Waals surface area contributed by atoms with E-state index in [9.17, 15) is 4.79 Å². The minimum Gasteiger partial charge on any atom is -0.481 e. The molecule has 1 rings (SSSR count). The second-order valence-electron chi connectivity index (χ2n) is 2.74. The third-order valence-electron chi connectivity index (χ3n) is 1.61. The summed E-state index contributed by atoms with van der Waals surface area (Å²) >= 11 is 0. The van der Waals surface area contributed by atoms with Crippen LogP contribution in [0.3, 0.4) is 0 Å². The summed E-state index contributed by atoms with van der Waals surface area (Å²) in [5, 5.41) is 8.53. The van der Waals surface area contributed by atoms with Crippen LogP contribution >= 0.6 is 0 Å². The van der Waals surface area contributed by atoms with Crippen LogP contribution in [0.1, 0.15) is 18.4 Å². The van der Waals surface area contributed by atoms with Crippen molar-refractivity contribution in [3.63, 3.8) is 0 Å². The lowest BCUT2D eigenvalue weighted by atomic mass is 10.3. The molecule has 0 amide bonds. The summed E-state index contributed by atoms with van der Waals surface area (Å²) in [6.45, 7) is 3.74. The number of hydrogen-bond acceptors (Lipinski definition) is 2. The van der Waals surface area contributed by atoms with E-state index in [2.05, 4.69) is 4.98 Å². The predicted molar refractivity (Wildman–Crippen MR) is 49.3 cm³/mol. The number of allylic oxidation sites excluding steroid dienone is 1. The van der Waals surface area contributed by atoms with Gasteiger partial charge in [0.2, 0.25) is 0 Å². The Balaban J connectivity index is 2.88. The van der Waals surface area contributed by atoms with E-state index in [-0.39, 0.29) is 6.42 Å². The molecule has 0 aliphatic rings. The summed E-state index contributed by atoms with van der Waals surface area (Å²) in [6.07, 6.45) is 5.42. The standard InChI is InChI=1S/C9H12N2O2/c1-3-4-11-6-8(5-9(12)13)10-7(11)2/h3-4,6H,5H2,1-2H3,(H,12,13)/b4-3-. The largest absolute Gasteiger partial charge is 0.481 e. The van der Waals surface area contributed by atoms with Crippen LogP contribution in [-0.2, 0) is 11.2 Å². The average Bonchev–Trinajstić information content (AvgIpc) is 2.31. The highest BCUT2D eigenvalue weighted by atomic mass is 16.4. The molecular weight excluding hydrogens is 168 g/mol. The van der Waals surface area contributed by atoms with Crippen molar-refractivity contribution in [2.24, 2.45) is 0 Å². The molecule has 1 heterocycles. The smallest absolute Gasteiger partial charge is 0.309 e. The van der Waals surface area contributed by atoms with Crippen LogP contribution in [0.15, 0.2) is 12.3 Å². The summed E-state index contributed by atoms with van der Waals surface area (Å²) in [5.41, 5.74) is 0.586. The van der Waals surface area contributed by atoms with Gasteiger partial charge in [-0.2, -0.15) is 0 Å². The van der Waals surface area contributed by atoms with Crippen molar-refractivity contribution in [2.75, 3.05) is 0 Å². The summed E-state index contributed by atoms with van der Waals surface area (Å²) < 4.78 is 1.80. The predicted octanol–water partition coefficient (Wildman–Crippen LogP) is 1.31. The van der Waals surface area contributed by atoms with Gasteiger partial charge in [-0.15, -0.1) is 0 Å². The number of carbonyl (C=O) groups is 1. The van der Waals surface area contributed by atoms with Gasteiger partial charge in [-0.1, -0.05) is 6.08 Å². The highest BCUT2D eigenvalue weighted by Crippen LogP contribution is 2.03. The van der Waals surface area contributed by atoms with Crippen LogP contribution in [0.5, 0.6) is 0 Å². The second kappa shape index (κ2) is 3.89. The maximum Gasteiger partial charge on any atom is 0.309 e. The molecule has 4 heteroatoms. The molecular formula is C9H12N2O2. The van der Waals surface area contributed by atoms with E-state index in [1.807, 2.05) is 26.1 Å².